The third-order valence-electron chi connectivity index (χ3n) is 6.36. The molecule has 1 atom stereocenters. The fourth-order valence-corrected chi connectivity index (χ4v) is 4.88. The molecular weight excluding hydrogens is 428 g/mol. The average molecular weight is 447 g/mol. The summed E-state index contributed by atoms with van der Waals surface area (Å²) in [7, 11) is 1.66. The summed E-state index contributed by atoms with van der Waals surface area (Å²) in [5.74, 6) is 1.85. The second kappa shape index (κ2) is 7.05. The number of halogens is 2. The van der Waals surface area contributed by atoms with Gasteiger partial charge in [0.2, 0.25) is 5.88 Å². The Balaban J connectivity index is 1.69. The van der Waals surface area contributed by atoms with Crippen LogP contribution in [-0.2, 0) is 7.05 Å². The number of rotatable bonds is 1. The molecule has 9 heteroatoms. The van der Waals surface area contributed by atoms with Crippen molar-refractivity contribution in [2.24, 2.45) is 7.05 Å². The number of benzene rings is 2. The topological polar surface area (TPSA) is 75.4 Å². The van der Waals surface area contributed by atoms with Gasteiger partial charge in [-0.2, -0.15) is 5.10 Å². The van der Waals surface area contributed by atoms with Crippen LogP contribution >= 0.6 is 0 Å². The van der Waals surface area contributed by atoms with Gasteiger partial charge in [0.25, 0.3) is 0 Å². The standard InChI is InChI=1S/C24H19F2N5O2/c1-3-15-17(25)5-4-12-8-14(32)9-16(18(12)15)21-20(26)22-19-23(29-30(22)2)31-7-6-27-10-13(31)11-33-24(19)28-21/h1,4-5,8-9,13,27,32H,6-7,10-11H2,2H3/t13-/m0/s1. The van der Waals surface area contributed by atoms with E-state index in [1.165, 1.54) is 28.9 Å². The number of ether oxygens (including phenoxy) is 1. The van der Waals surface area contributed by atoms with Crippen molar-refractivity contribution in [3.63, 3.8) is 0 Å². The van der Waals surface area contributed by atoms with Crippen LogP contribution in [0.5, 0.6) is 11.6 Å². The lowest BCUT2D eigenvalue weighted by molar-refractivity contribution is 0.265. The number of phenols is 1. The van der Waals surface area contributed by atoms with Gasteiger partial charge in [-0.05, 0) is 23.6 Å². The number of pyridine rings is 1. The molecule has 0 unspecified atom stereocenters. The minimum Gasteiger partial charge on any atom is -0.508 e. The van der Waals surface area contributed by atoms with Crippen molar-refractivity contribution in [1.82, 2.24) is 20.1 Å². The molecule has 33 heavy (non-hydrogen) atoms. The second-order valence-corrected chi connectivity index (χ2v) is 8.27. The first-order valence-electron chi connectivity index (χ1n) is 10.6. The summed E-state index contributed by atoms with van der Waals surface area (Å²) >= 11 is 0. The lowest BCUT2D eigenvalue weighted by atomic mass is 9.96. The summed E-state index contributed by atoms with van der Waals surface area (Å²) in [6.07, 6.45) is 5.59. The molecule has 0 saturated carbocycles. The molecule has 0 amide bonds. The lowest BCUT2D eigenvalue weighted by Crippen LogP contribution is -2.53. The molecule has 0 bridgehead atoms. The van der Waals surface area contributed by atoms with Gasteiger partial charge in [-0.15, -0.1) is 6.42 Å². The Labute approximate surface area is 187 Å². The summed E-state index contributed by atoms with van der Waals surface area (Å²) in [6.45, 7) is 2.56. The highest BCUT2D eigenvalue weighted by Crippen LogP contribution is 2.43. The Kier molecular flexibility index (Phi) is 4.22. The van der Waals surface area contributed by atoms with E-state index in [9.17, 15) is 9.50 Å². The van der Waals surface area contributed by atoms with Gasteiger partial charge in [-0.25, -0.2) is 13.8 Å². The molecule has 2 aliphatic heterocycles. The Bertz CT molecular complexity index is 1510. The first-order chi connectivity index (χ1) is 16.0. The number of hydrogen-bond donors (Lipinski definition) is 2. The molecular formula is C24H19F2N5O2. The molecule has 4 heterocycles. The predicted octanol–water partition coefficient (Wildman–Crippen LogP) is 2.92. The number of anilines is 1. The number of aryl methyl sites for hydroxylation is 1. The minimum absolute atomic E-state index is 0.0236. The molecule has 166 valence electrons. The van der Waals surface area contributed by atoms with Gasteiger partial charge in [0.1, 0.15) is 34.8 Å². The van der Waals surface area contributed by atoms with E-state index in [-0.39, 0.29) is 40.0 Å². The van der Waals surface area contributed by atoms with Crippen LogP contribution in [0.15, 0.2) is 24.3 Å². The fourth-order valence-electron chi connectivity index (χ4n) is 4.88. The van der Waals surface area contributed by atoms with Crippen LogP contribution in [0.4, 0.5) is 14.6 Å². The zero-order chi connectivity index (χ0) is 22.9. The van der Waals surface area contributed by atoms with E-state index >= 15 is 4.39 Å². The van der Waals surface area contributed by atoms with Crippen molar-refractivity contribution >= 4 is 27.5 Å². The number of phenolic OH excluding ortho intramolecular Hbond substituents is 1. The van der Waals surface area contributed by atoms with Gasteiger partial charge < -0.3 is 20.1 Å². The maximum absolute atomic E-state index is 16.1. The van der Waals surface area contributed by atoms with Crippen LogP contribution in [0.1, 0.15) is 5.56 Å². The van der Waals surface area contributed by atoms with E-state index in [0.29, 0.717) is 41.7 Å². The van der Waals surface area contributed by atoms with Crippen molar-refractivity contribution in [3.8, 4) is 35.2 Å². The van der Waals surface area contributed by atoms with Crippen molar-refractivity contribution in [2.45, 2.75) is 6.04 Å². The monoisotopic (exact) mass is 447 g/mol. The molecule has 2 aliphatic rings. The maximum Gasteiger partial charge on any atom is 0.227 e. The van der Waals surface area contributed by atoms with Crippen LogP contribution in [-0.4, -0.2) is 52.2 Å². The highest BCUT2D eigenvalue weighted by Gasteiger charge is 2.34. The maximum atomic E-state index is 16.1. The first-order valence-corrected chi connectivity index (χ1v) is 10.6. The van der Waals surface area contributed by atoms with Gasteiger partial charge >= 0.3 is 0 Å². The molecule has 0 radical (unpaired) electrons. The largest absolute Gasteiger partial charge is 0.508 e. The van der Waals surface area contributed by atoms with E-state index in [2.05, 4.69) is 26.2 Å². The molecule has 1 saturated heterocycles. The van der Waals surface area contributed by atoms with E-state index in [1.54, 1.807) is 7.05 Å². The number of fused-ring (bicyclic) bond motifs is 3. The number of nitrogens with zero attached hydrogens (tertiary/aromatic N) is 4. The SMILES string of the molecule is C#Cc1c(F)ccc2cc(O)cc(-c3nc4c5c(nn(C)c5c3F)N3CCNC[C@H]3CO4)c12. The van der Waals surface area contributed by atoms with Crippen molar-refractivity contribution < 1.29 is 18.6 Å². The van der Waals surface area contributed by atoms with Gasteiger partial charge in [0.05, 0.1) is 11.6 Å². The summed E-state index contributed by atoms with van der Waals surface area (Å²) in [4.78, 5) is 6.65. The quantitative estimate of drug-likeness (QED) is 0.437. The number of aromatic hydroxyl groups is 1. The second-order valence-electron chi connectivity index (χ2n) is 8.27. The Morgan fingerprint density at radius 1 is 1.27 bits per heavy atom. The molecule has 7 nitrogen and oxygen atoms in total. The van der Waals surface area contributed by atoms with E-state index in [4.69, 9.17) is 11.2 Å². The lowest BCUT2D eigenvalue weighted by Gasteiger charge is -2.34. The van der Waals surface area contributed by atoms with Crippen LogP contribution < -0.4 is 15.0 Å². The van der Waals surface area contributed by atoms with Gasteiger partial charge in [-0.1, -0.05) is 12.0 Å². The van der Waals surface area contributed by atoms with Crippen molar-refractivity contribution in [2.75, 3.05) is 31.1 Å². The number of piperazine rings is 1. The summed E-state index contributed by atoms with van der Waals surface area (Å²) in [5.41, 5.74) is 0.292. The minimum atomic E-state index is -0.647. The highest BCUT2D eigenvalue weighted by atomic mass is 19.1. The zero-order valence-corrected chi connectivity index (χ0v) is 17.7. The Morgan fingerprint density at radius 2 is 2.12 bits per heavy atom. The van der Waals surface area contributed by atoms with Gasteiger partial charge in [0.15, 0.2) is 11.6 Å². The molecule has 0 spiro atoms. The van der Waals surface area contributed by atoms with Gasteiger partial charge in [-0.3, -0.25) is 4.68 Å². The van der Waals surface area contributed by atoms with E-state index in [0.717, 1.165) is 6.54 Å². The number of nitrogens with one attached hydrogen (secondary N) is 1. The Hall–Kier alpha value is -3.90. The first kappa shape index (κ1) is 19.8. The average Bonchev–Trinajstić information content (AvgIpc) is 3.08. The van der Waals surface area contributed by atoms with Crippen molar-refractivity contribution in [1.29, 1.82) is 0 Å². The number of aromatic nitrogens is 3. The summed E-state index contributed by atoms with van der Waals surface area (Å²) in [6, 6.07) is 5.54. The predicted molar refractivity (Wildman–Crippen MR) is 120 cm³/mol. The van der Waals surface area contributed by atoms with Crippen LogP contribution in [0.3, 0.4) is 0 Å². The van der Waals surface area contributed by atoms with E-state index in [1.807, 2.05) is 0 Å². The molecule has 6 rings (SSSR count). The third-order valence-corrected chi connectivity index (χ3v) is 6.36. The van der Waals surface area contributed by atoms with Crippen LogP contribution in [0.25, 0.3) is 32.9 Å². The molecule has 2 aromatic heterocycles. The molecule has 4 aromatic rings. The van der Waals surface area contributed by atoms with Gasteiger partial charge in [0, 0.05) is 37.6 Å². The zero-order valence-electron chi connectivity index (χ0n) is 17.7. The summed E-state index contributed by atoms with van der Waals surface area (Å²) in [5, 5.41) is 19.5. The number of hydrogen-bond acceptors (Lipinski definition) is 6. The van der Waals surface area contributed by atoms with Crippen LogP contribution in [0, 0.1) is 24.0 Å². The van der Waals surface area contributed by atoms with Crippen molar-refractivity contribution in [3.05, 3.63) is 41.5 Å². The summed E-state index contributed by atoms with van der Waals surface area (Å²) < 4.78 is 38.2. The van der Waals surface area contributed by atoms with E-state index < -0.39 is 11.6 Å². The molecule has 2 aromatic carbocycles. The smallest absolute Gasteiger partial charge is 0.227 e. The van der Waals surface area contributed by atoms with Crippen LogP contribution in [0.2, 0.25) is 0 Å². The molecule has 2 N–H and O–H groups in total. The molecule has 0 aliphatic carbocycles. The normalized spacial score (nSPS) is 17.5. The fraction of sp³-hybridized carbons (Fsp3) is 0.250. The third kappa shape index (κ3) is 2.77. The molecule has 1 fully saturated rings. The number of terminal acetylenes is 1. The highest BCUT2D eigenvalue weighted by molar-refractivity contribution is 6.04. The Morgan fingerprint density at radius 3 is 2.94 bits per heavy atom.